The van der Waals surface area contributed by atoms with E-state index in [2.05, 4.69) is 37.7 Å². The van der Waals surface area contributed by atoms with Gasteiger partial charge in [0.2, 0.25) is 0 Å². The van der Waals surface area contributed by atoms with Gasteiger partial charge in [-0.25, -0.2) is 0 Å². The summed E-state index contributed by atoms with van der Waals surface area (Å²) in [5, 5.41) is 3.65. The highest BCUT2D eigenvalue weighted by molar-refractivity contribution is 4.84. The Hall–Kier alpha value is -0.340. The first kappa shape index (κ1) is 13.7. The average Bonchev–Trinajstić information content (AvgIpc) is 3.02. The number of allylic oxidation sites excluding steroid dienone is 1. The molecular weight excluding hydrogens is 196 g/mol. The van der Waals surface area contributed by atoms with Gasteiger partial charge in [0.05, 0.1) is 0 Å². The molecule has 0 aromatic heterocycles. The zero-order valence-corrected chi connectivity index (χ0v) is 11.2. The second-order valence-corrected chi connectivity index (χ2v) is 5.41. The Kier molecular flexibility index (Phi) is 6.07. The van der Waals surface area contributed by atoms with Crippen LogP contribution in [0, 0.1) is 5.92 Å². The molecule has 94 valence electrons. The minimum absolute atomic E-state index is 0.672. The molecule has 1 saturated carbocycles. The van der Waals surface area contributed by atoms with Crippen molar-refractivity contribution in [2.75, 3.05) is 20.1 Å². The molecule has 0 bridgehead atoms. The molecule has 0 aliphatic heterocycles. The lowest BCUT2D eigenvalue weighted by Gasteiger charge is -2.31. The molecule has 0 radical (unpaired) electrons. The van der Waals surface area contributed by atoms with Gasteiger partial charge in [-0.3, -0.25) is 0 Å². The lowest BCUT2D eigenvalue weighted by atomic mass is 10.0. The normalized spacial score (nSPS) is 18.1. The van der Waals surface area contributed by atoms with E-state index in [1.807, 2.05) is 6.08 Å². The Balaban J connectivity index is 2.25. The van der Waals surface area contributed by atoms with Gasteiger partial charge in [-0.15, -0.1) is 6.58 Å². The number of nitrogens with zero attached hydrogens (tertiary/aromatic N) is 1. The molecule has 1 unspecified atom stereocenters. The molecule has 1 aliphatic carbocycles. The van der Waals surface area contributed by atoms with E-state index in [4.69, 9.17) is 0 Å². The fourth-order valence-electron chi connectivity index (χ4n) is 2.13. The van der Waals surface area contributed by atoms with E-state index in [1.54, 1.807) is 0 Å². The second kappa shape index (κ2) is 7.08. The SMILES string of the molecule is C=CCCCN(C)C(CNC1CC1)C(C)C. The van der Waals surface area contributed by atoms with Crippen LogP contribution < -0.4 is 5.32 Å². The van der Waals surface area contributed by atoms with Crippen LogP contribution in [0.25, 0.3) is 0 Å². The molecule has 0 aromatic rings. The monoisotopic (exact) mass is 224 g/mol. The first-order valence-corrected chi connectivity index (χ1v) is 6.69. The number of likely N-dealkylation sites (N-methyl/N-ethyl adjacent to an activating group) is 1. The lowest BCUT2D eigenvalue weighted by Crippen LogP contribution is -2.44. The Labute approximate surface area is 101 Å². The Morgan fingerprint density at radius 2 is 2.12 bits per heavy atom. The third kappa shape index (κ3) is 5.13. The summed E-state index contributed by atoms with van der Waals surface area (Å²) in [6.45, 7) is 10.7. The van der Waals surface area contributed by atoms with Crippen molar-refractivity contribution in [2.45, 2.75) is 51.6 Å². The molecule has 0 amide bonds. The molecule has 1 fully saturated rings. The van der Waals surface area contributed by atoms with Crippen LogP contribution in [0.3, 0.4) is 0 Å². The maximum atomic E-state index is 3.77. The van der Waals surface area contributed by atoms with Gasteiger partial charge in [0, 0.05) is 18.6 Å². The molecule has 0 spiro atoms. The highest BCUT2D eigenvalue weighted by Gasteiger charge is 2.24. The Morgan fingerprint density at radius 3 is 2.62 bits per heavy atom. The second-order valence-electron chi connectivity index (χ2n) is 5.41. The van der Waals surface area contributed by atoms with Crippen LogP contribution >= 0.6 is 0 Å². The van der Waals surface area contributed by atoms with E-state index in [-0.39, 0.29) is 0 Å². The highest BCUT2D eigenvalue weighted by Crippen LogP contribution is 2.19. The average molecular weight is 224 g/mol. The van der Waals surface area contributed by atoms with E-state index in [9.17, 15) is 0 Å². The van der Waals surface area contributed by atoms with Crippen molar-refractivity contribution in [3.63, 3.8) is 0 Å². The third-order valence-electron chi connectivity index (χ3n) is 3.45. The van der Waals surface area contributed by atoms with Crippen molar-refractivity contribution in [1.82, 2.24) is 10.2 Å². The molecule has 1 rings (SSSR count). The first-order chi connectivity index (χ1) is 7.65. The van der Waals surface area contributed by atoms with E-state index >= 15 is 0 Å². The van der Waals surface area contributed by atoms with Crippen molar-refractivity contribution in [3.8, 4) is 0 Å². The van der Waals surface area contributed by atoms with Gasteiger partial charge in [-0.1, -0.05) is 19.9 Å². The largest absolute Gasteiger partial charge is 0.312 e. The number of unbranched alkanes of at least 4 members (excludes halogenated alkanes) is 1. The first-order valence-electron chi connectivity index (χ1n) is 6.69. The zero-order chi connectivity index (χ0) is 12.0. The molecule has 0 heterocycles. The van der Waals surface area contributed by atoms with Gasteiger partial charge in [-0.2, -0.15) is 0 Å². The van der Waals surface area contributed by atoms with Gasteiger partial charge in [0.15, 0.2) is 0 Å². The third-order valence-corrected chi connectivity index (χ3v) is 3.45. The van der Waals surface area contributed by atoms with Gasteiger partial charge >= 0.3 is 0 Å². The maximum absolute atomic E-state index is 3.77. The molecule has 2 heteroatoms. The topological polar surface area (TPSA) is 15.3 Å². The van der Waals surface area contributed by atoms with Gasteiger partial charge in [-0.05, 0) is 45.2 Å². The van der Waals surface area contributed by atoms with Gasteiger partial charge in [0.25, 0.3) is 0 Å². The van der Waals surface area contributed by atoms with Gasteiger partial charge in [0.1, 0.15) is 0 Å². The molecule has 16 heavy (non-hydrogen) atoms. The van der Waals surface area contributed by atoms with Gasteiger partial charge < -0.3 is 10.2 Å². The number of hydrogen-bond donors (Lipinski definition) is 1. The summed E-state index contributed by atoms with van der Waals surface area (Å²) in [4.78, 5) is 2.50. The van der Waals surface area contributed by atoms with Crippen molar-refractivity contribution in [3.05, 3.63) is 12.7 Å². The quantitative estimate of drug-likeness (QED) is 0.478. The van der Waals surface area contributed by atoms with Crippen molar-refractivity contribution < 1.29 is 0 Å². The highest BCUT2D eigenvalue weighted by atomic mass is 15.2. The van der Waals surface area contributed by atoms with Crippen molar-refractivity contribution >= 4 is 0 Å². The molecule has 1 atom stereocenters. The summed E-state index contributed by atoms with van der Waals surface area (Å²) in [6.07, 6.45) is 7.13. The Bertz CT molecular complexity index is 197. The van der Waals surface area contributed by atoms with E-state index in [1.165, 1.54) is 25.8 Å². The molecule has 0 saturated heterocycles. The van der Waals surface area contributed by atoms with Crippen LogP contribution in [-0.4, -0.2) is 37.1 Å². The fourth-order valence-corrected chi connectivity index (χ4v) is 2.13. The van der Waals surface area contributed by atoms with Crippen LogP contribution in [0.5, 0.6) is 0 Å². The minimum Gasteiger partial charge on any atom is -0.312 e. The predicted molar refractivity (Wildman–Crippen MR) is 71.7 cm³/mol. The molecule has 1 N–H and O–H groups in total. The summed E-state index contributed by atoms with van der Waals surface area (Å²) >= 11 is 0. The summed E-state index contributed by atoms with van der Waals surface area (Å²) < 4.78 is 0. The van der Waals surface area contributed by atoms with E-state index in [0.29, 0.717) is 6.04 Å². The standard InChI is InChI=1S/C14H28N2/c1-5-6-7-10-16(4)14(12(2)3)11-15-13-8-9-13/h5,12-15H,1,6-11H2,2-4H3. The molecule has 1 aliphatic rings. The number of nitrogens with one attached hydrogen (secondary N) is 1. The van der Waals surface area contributed by atoms with Crippen LogP contribution in [0.1, 0.15) is 39.5 Å². The van der Waals surface area contributed by atoms with Crippen LogP contribution in [0.2, 0.25) is 0 Å². The van der Waals surface area contributed by atoms with Crippen LogP contribution in [0.15, 0.2) is 12.7 Å². The van der Waals surface area contributed by atoms with Crippen LogP contribution in [0.4, 0.5) is 0 Å². The fraction of sp³-hybridized carbons (Fsp3) is 0.857. The summed E-state index contributed by atoms with van der Waals surface area (Å²) in [5.41, 5.74) is 0. The Morgan fingerprint density at radius 1 is 1.44 bits per heavy atom. The number of hydrogen-bond acceptors (Lipinski definition) is 2. The molecular formula is C14H28N2. The summed E-state index contributed by atoms with van der Waals surface area (Å²) in [5.74, 6) is 0.722. The van der Waals surface area contributed by atoms with E-state index < -0.39 is 0 Å². The van der Waals surface area contributed by atoms with Crippen molar-refractivity contribution in [2.24, 2.45) is 5.92 Å². The summed E-state index contributed by atoms with van der Waals surface area (Å²) in [6, 6.07) is 1.49. The molecule has 2 nitrogen and oxygen atoms in total. The number of rotatable bonds is 9. The predicted octanol–water partition coefficient (Wildman–Crippen LogP) is 2.66. The molecule has 0 aromatic carbocycles. The minimum atomic E-state index is 0.672. The summed E-state index contributed by atoms with van der Waals surface area (Å²) in [7, 11) is 2.25. The van der Waals surface area contributed by atoms with Crippen molar-refractivity contribution in [1.29, 1.82) is 0 Å². The lowest BCUT2D eigenvalue weighted by molar-refractivity contribution is 0.185. The zero-order valence-electron chi connectivity index (χ0n) is 11.2. The van der Waals surface area contributed by atoms with E-state index in [0.717, 1.165) is 24.9 Å². The van der Waals surface area contributed by atoms with Crippen LogP contribution in [-0.2, 0) is 0 Å². The maximum Gasteiger partial charge on any atom is 0.0240 e. The smallest absolute Gasteiger partial charge is 0.0240 e.